The minimum Gasteiger partial charge on any atom is -0.295 e. The summed E-state index contributed by atoms with van der Waals surface area (Å²) in [4.78, 5) is 10.7. The molecule has 0 rings (SSSR count). The summed E-state index contributed by atoms with van der Waals surface area (Å²) in [5.74, 6) is 0.122. The number of carbonyl (C=O) groups excluding carboxylic acids is 1. The molecule has 0 aliphatic rings. The van der Waals surface area contributed by atoms with Crippen LogP contribution in [0.5, 0.6) is 0 Å². The summed E-state index contributed by atoms with van der Waals surface area (Å²) in [6, 6.07) is 0. The Morgan fingerprint density at radius 1 is 1.36 bits per heavy atom. The van der Waals surface area contributed by atoms with Crippen molar-refractivity contribution >= 4 is 5.78 Å². The zero-order valence-electron chi connectivity index (χ0n) is 6.75. The van der Waals surface area contributed by atoms with Crippen LogP contribution in [0.25, 0.3) is 0 Å². The van der Waals surface area contributed by atoms with Crippen LogP contribution >= 0.6 is 0 Å². The summed E-state index contributed by atoms with van der Waals surface area (Å²) in [6.07, 6.45) is 9.43. The fourth-order valence-corrected chi connectivity index (χ4v) is 0.689. The molecule has 0 aliphatic carbocycles. The van der Waals surface area contributed by atoms with Crippen molar-refractivity contribution in [1.29, 1.82) is 0 Å². The minimum absolute atomic E-state index is 0.122. The van der Waals surface area contributed by atoms with Crippen LogP contribution in [-0.4, -0.2) is 5.78 Å². The topological polar surface area (TPSA) is 17.1 Å². The lowest BCUT2D eigenvalue weighted by Crippen LogP contribution is -1.89. The van der Waals surface area contributed by atoms with E-state index in [9.17, 15) is 4.79 Å². The van der Waals surface area contributed by atoms with Gasteiger partial charge in [0.25, 0.3) is 0 Å². The predicted molar refractivity (Wildman–Crippen MR) is 48.4 cm³/mol. The van der Waals surface area contributed by atoms with E-state index >= 15 is 0 Å². The van der Waals surface area contributed by atoms with Crippen molar-refractivity contribution in [3.05, 3.63) is 37.5 Å². The monoisotopic (exact) mass is 150 g/mol. The van der Waals surface area contributed by atoms with E-state index in [0.29, 0.717) is 6.42 Å². The normalized spacial score (nSPS) is 9.82. The van der Waals surface area contributed by atoms with Crippen molar-refractivity contribution in [3.8, 4) is 0 Å². The second-order valence-corrected chi connectivity index (χ2v) is 2.23. The molecule has 0 amide bonds. The molecule has 0 aromatic carbocycles. The van der Waals surface area contributed by atoms with Crippen LogP contribution < -0.4 is 0 Å². The molecule has 0 unspecified atom stereocenters. The fraction of sp³-hybridized carbons (Fsp3) is 0.300. The van der Waals surface area contributed by atoms with Gasteiger partial charge in [0.05, 0.1) is 0 Å². The zero-order chi connectivity index (χ0) is 8.53. The summed E-state index contributed by atoms with van der Waals surface area (Å²) < 4.78 is 0. The number of carbonyl (C=O) groups is 1. The second kappa shape index (κ2) is 7.00. The van der Waals surface area contributed by atoms with Crippen molar-refractivity contribution in [2.75, 3.05) is 0 Å². The van der Waals surface area contributed by atoms with Gasteiger partial charge in [0.15, 0.2) is 5.78 Å². The molecule has 11 heavy (non-hydrogen) atoms. The van der Waals surface area contributed by atoms with Crippen molar-refractivity contribution in [3.63, 3.8) is 0 Å². The highest BCUT2D eigenvalue weighted by Crippen LogP contribution is 1.97. The van der Waals surface area contributed by atoms with E-state index in [1.54, 1.807) is 6.08 Å². The summed E-state index contributed by atoms with van der Waals surface area (Å²) in [6.45, 7) is 6.93. The van der Waals surface area contributed by atoms with Gasteiger partial charge in [0.1, 0.15) is 0 Å². The second-order valence-electron chi connectivity index (χ2n) is 2.23. The standard InChI is InChI=1S/C10H14O/c1-3-5-6-7-8-9-10(11)4-2/h3-6H,1-2,7-9H2. The Hall–Kier alpha value is -1.11. The SMILES string of the molecule is C=CC=CCCCC(=O)C=C. The van der Waals surface area contributed by atoms with Crippen LogP contribution in [0.1, 0.15) is 19.3 Å². The lowest BCUT2D eigenvalue weighted by molar-refractivity contribution is -0.114. The fourth-order valence-electron chi connectivity index (χ4n) is 0.689. The Balaban J connectivity index is 3.27. The molecular formula is C10H14O. The molecule has 1 heteroatoms. The van der Waals surface area contributed by atoms with Gasteiger partial charge in [-0.05, 0) is 18.9 Å². The highest BCUT2D eigenvalue weighted by atomic mass is 16.1. The van der Waals surface area contributed by atoms with Crippen molar-refractivity contribution < 1.29 is 4.79 Å². The molecule has 0 aliphatic heterocycles. The van der Waals surface area contributed by atoms with Gasteiger partial charge in [0.2, 0.25) is 0 Å². The molecule has 0 N–H and O–H groups in total. The number of allylic oxidation sites excluding steroid dienone is 4. The van der Waals surface area contributed by atoms with Gasteiger partial charge >= 0.3 is 0 Å². The van der Waals surface area contributed by atoms with E-state index in [2.05, 4.69) is 13.2 Å². The lowest BCUT2D eigenvalue weighted by Gasteiger charge is -1.90. The quantitative estimate of drug-likeness (QED) is 0.323. The van der Waals surface area contributed by atoms with Gasteiger partial charge in [0, 0.05) is 6.42 Å². The van der Waals surface area contributed by atoms with E-state index in [4.69, 9.17) is 0 Å². The maximum absolute atomic E-state index is 10.7. The lowest BCUT2D eigenvalue weighted by atomic mass is 10.2. The number of unbranched alkanes of at least 4 members (excludes halogenated alkanes) is 1. The van der Waals surface area contributed by atoms with E-state index < -0.39 is 0 Å². The van der Waals surface area contributed by atoms with E-state index in [-0.39, 0.29) is 5.78 Å². The molecule has 0 spiro atoms. The van der Waals surface area contributed by atoms with E-state index in [0.717, 1.165) is 12.8 Å². The summed E-state index contributed by atoms with van der Waals surface area (Å²) >= 11 is 0. The first kappa shape index (κ1) is 9.89. The van der Waals surface area contributed by atoms with Crippen molar-refractivity contribution in [2.45, 2.75) is 19.3 Å². The van der Waals surface area contributed by atoms with Crippen LogP contribution in [0.4, 0.5) is 0 Å². The number of ketones is 1. The maximum Gasteiger partial charge on any atom is 0.155 e. The largest absolute Gasteiger partial charge is 0.295 e. The van der Waals surface area contributed by atoms with Crippen LogP contribution in [0.2, 0.25) is 0 Å². The molecule has 0 saturated carbocycles. The average Bonchev–Trinajstić information content (AvgIpc) is 2.04. The Morgan fingerprint density at radius 3 is 2.64 bits per heavy atom. The maximum atomic E-state index is 10.7. The molecule has 1 nitrogen and oxygen atoms in total. The molecular weight excluding hydrogens is 136 g/mol. The first-order valence-corrected chi connectivity index (χ1v) is 3.74. The van der Waals surface area contributed by atoms with Crippen molar-refractivity contribution in [2.24, 2.45) is 0 Å². The molecule has 0 aromatic rings. The van der Waals surface area contributed by atoms with Gasteiger partial charge in [-0.15, -0.1) is 0 Å². The van der Waals surface area contributed by atoms with Crippen LogP contribution in [-0.2, 0) is 4.79 Å². The van der Waals surface area contributed by atoms with Gasteiger partial charge < -0.3 is 0 Å². The number of hydrogen-bond acceptors (Lipinski definition) is 1. The molecule has 0 atom stereocenters. The van der Waals surface area contributed by atoms with Crippen LogP contribution in [0, 0.1) is 0 Å². The number of rotatable bonds is 6. The van der Waals surface area contributed by atoms with Crippen molar-refractivity contribution in [1.82, 2.24) is 0 Å². The van der Waals surface area contributed by atoms with Gasteiger partial charge in [-0.2, -0.15) is 0 Å². The molecule has 0 saturated heterocycles. The Morgan fingerprint density at radius 2 is 2.09 bits per heavy atom. The summed E-state index contributed by atoms with van der Waals surface area (Å²) in [5, 5.41) is 0. The molecule has 0 aromatic heterocycles. The predicted octanol–water partition coefficient (Wildman–Crippen LogP) is 2.65. The molecule has 0 heterocycles. The van der Waals surface area contributed by atoms with Crippen LogP contribution in [0.15, 0.2) is 37.5 Å². The highest BCUT2D eigenvalue weighted by Gasteiger charge is 1.91. The third-order valence-electron chi connectivity index (χ3n) is 1.29. The van der Waals surface area contributed by atoms with E-state index in [1.807, 2.05) is 12.2 Å². The molecule has 0 radical (unpaired) electrons. The Labute approximate surface area is 68.1 Å². The van der Waals surface area contributed by atoms with Gasteiger partial charge in [-0.1, -0.05) is 31.4 Å². The van der Waals surface area contributed by atoms with Gasteiger partial charge in [-0.25, -0.2) is 0 Å². The Bertz CT molecular complexity index is 166. The molecule has 0 fully saturated rings. The first-order chi connectivity index (χ1) is 5.31. The highest BCUT2D eigenvalue weighted by molar-refractivity contribution is 5.88. The van der Waals surface area contributed by atoms with Gasteiger partial charge in [-0.3, -0.25) is 4.79 Å². The minimum atomic E-state index is 0.122. The first-order valence-electron chi connectivity index (χ1n) is 3.74. The smallest absolute Gasteiger partial charge is 0.155 e. The third-order valence-corrected chi connectivity index (χ3v) is 1.29. The third kappa shape index (κ3) is 6.78. The average molecular weight is 150 g/mol. The summed E-state index contributed by atoms with van der Waals surface area (Å²) in [7, 11) is 0. The molecule has 60 valence electrons. The van der Waals surface area contributed by atoms with Crippen LogP contribution in [0.3, 0.4) is 0 Å². The zero-order valence-corrected chi connectivity index (χ0v) is 6.75. The number of hydrogen-bond donors (Lipinski definition) is 0. The summed E-state index contributed by atoms with van der Waals surface area (Å²) in [5.41, 5.74) is 0. The molecule has 0 bridgehead atoms. The van der Waals surface area contributed by atoms with E-state index in [1.165, 1.54) is 6.08 Å². The Kier molecular flexibility index (Phi) is 6.30.